The van der Waals surface area contributed by atoms with Gasteiger partial charge in [0.1, 0.15) is 5.75 Å². The van der Waals surface area contributed by atoms with Crippen LogP contribution in [-0.4, -0.2) is 6.61 Å². The molecule has 0 radical (unpaired) electrons. The van der Waals surface area contributed by atoms with Gasteiger partial charge in [0.05, 0.1) is 23.3 Å². The first-order valence-corrected chi connectivity index (χ1v) is 8.06. The molecule has 0 heterocycles. The van der Waals surface area contributed by atoms with Crippen molar-refractivity contribution in [3.8, 4) is 11.8 Å². The highest BCUT2D eigenvalue weighted by Crippen LogP contribution is 2.35. The van der Waals surface area contributed by atoms with E-state index in [1.807, 2.05) is 30.3 Å². The van der Waals surface area contributed by atoms with Gasteiger partial charge in [-0.05, 0) is 29.7 Å². The molecule has 2 rings (SSSR count). The molecule has 0 fully saturated rings. The van der Waals surface area contributed by atoms with E-state index in [0.717, 1.165) is 5.56 Å². The Bertz CT molecular complexity index is 746. The second-order valence-corrected chi connectivity index (χ2v) is 6.39. The quantitative estimate of drug-likeness (QED) is 0.485. The van der Waals surface area contributed by atoms with Gasteiger partial charge in [-0.2, -0.15) is 5.26 Å². The van der Waals surface area contributed by atoms with Gasteiger partial charge in [0.15, 0.2) is 0 Å². The van der Waals surface area contributed by atoms with E-state index >= 15 is 0 Å². The summed E-state index contributed by atoms with van der Waals surface area (Å²) in [6, 6.07) is 15.1. The number of hydrogen-bond donors (Lipinski definition) is 0. The summed E-state index contributed by atoms with van der Waals surface area (Å²) in [6.07, 6.45) is 1.75. The summed E-state index contributed by atoms with van der Waals surface area (Å²) >= 11 is 12.4. The first-order chi connectivity index (χ1) is 11.0. The second kappa shape index (κ2) is 8.06. The fourth-order valence-electron chi connectivity index (χ4n) is 2.04. The van der Waals surface area contributed by atoms with Crippen molar-refractivity contribution in [3.63, 3.8) is 0 Å². The van der Waals surface area contributed by atoms with Gasteiger partial charge in [-0.3, -0.25) is 0 Å². The number of rotatable bonds is 5. The molecule has 2 nitrogen and oxygen atoms in total. The van der Waals surface area contributed by atoms with Crippen LogP contribution < -0.4 is 4.74 Å². The Labute approximate surface area is 146 Å². The zero-order valence-corrected chi connectivity index (χ0v) is 14.5. The smallest absolute Gasteiger partial charge is 0.145 e. The molecule has 0 saturated carbocycles. The molecule has 0 aliphatic rings. The molecule has 0 N–H and O–H groups in total. The van der Waals surface area contributed by atoms with E-state index in [9.17, 15) is 5.26 Å². The number of hydrogen-bond acceptors (Lipinski definition) is 2. The van der Waals surface area contributed by atoms with E-state index < -0.39 is 0 Å². The Hall–Kier alpha value is -1.95. The highest BCUT2D eigenvalue weighted by Gasteiger charge is 2.12. The van der Waals surface area contributed by atoms with Crippen molar-refractivity contribution in [2.45, 2.75) is 13.8 Å². The third-order valence-corrected chi connectivity index (χ3v) is 3.60. The van der Waals surface area contributed by atoms with Crippen LogP contribution in [0.5, 0.6) is 5.75 Å². The number of nitriles is 1. The Morgan fingerprint density at radius 1 is 1.22 bits per heavy atom. The predicted molar refractivity (Wildman–Crippen MR) is 96.7 cm³/mol. The monoisotopic (exact) mass is 345 g/mol. The summed E-state index contributed by atoms with van der Waals surface area (Å²) < 4.78 is 5.82. The molecule has 0 aliphatic heterocycles. The number of ether oxygens (including phenoxy) is 1. The van der Waals surface area contributed by atoms with Gasteiger partial charge in [-0.25, -0.2) is 0 Å². The van der Waals surface area contributed by atoms with Crippen molar-refractivity contribution in [2.75, 3.05) is 6.61 Å². The largest absolute Gasteiger partial charge is 0.491 e. The lowest BCUT2D eigenvalue weighted by Gasteiger charge is -2.14. The number of halogens is 2. The van der Waals surface area contributed by atoms with Crippen molar-refractivity contribution in [1.82, 2.24) is 0 Å². The molecule has 0 spiro atoms. The lowest BCUT2D eigenvalue weighted by molar-refractivity contribution is 0.271. The van der Waals surface area contributed by atoms with E-state index in [0.29, 0.717) is 39.5 Å². The van der Waals surface area contributed by atoms with Crippen LogP contribution in [0.2, 0.25) is 10.0 Å². The van der Waals surface area contributed by atoms with Gasteiger partial charge in [0.25, 0.3) is 0 Å². The van der Waals surface area contributed by atoms with Crippen molar-refractivity contribution in [2.24, 2.45) is 5.92 Å². The molecule has 0 aliphatic carbocycles. The first kappa shape index (κ1) is 17.4. The lowest BCUT2D eigenvalue weighted by Crippen LogP contribution is -2.06. The van der Waals surface area contributed by atoms with Crippen LogP contribution in [0.1, 0.15) is 25.0 Å². The summed E-state index contributed by atoms with van der Waals surface area (Å²) in [5.41, 5.74) is 2.06. The molecule has 0 unspecified atom stereocenters. The minimum atomic E-state index is 0.364. The molecule has 2 aromatic rings. The van der Waals surface area contributed by atoms with Crippen molar-refractivity contribution < 1.29 is 4.74 Å². The van der Waals surface area contributed by atoms with Crippen molar-refractivity contribution in [1.29, 1.82) is 5.26 Å². The third kappa shape index (κ3) is 4.76. The van der Waals surface area contributed by atoms with Crippen LogP contribution in [0.3, 0.4) is 0 Å². The van der Waals surface area contributed by atoms with Gasteiger partial charge in [-0.15, -0.1) is 0 Å². The lowest BCUT2D eigenvalue weighted by atomic mass is 10.0. The third-order valence-electron chi connectivity index (χ3n) is 3.10. The van der Waals surface area contributed by atoms with Gasteiger partial charge >= 0.3 is 0 Å². The van der Waals surface area contributed by atoms with E-state index in [1.165, 1.54) is 0 Å². The standard InChI is InChI=1S/C19H17Cl2NO/c1-13(2)12-23-19-15(9-17(20)10-18(19)21)8-16(11-22)14-6-4-3-5-7-14/h3-10,13H,12H2,1-2H3/b16-8+. The zero-order valence-electron chi connectivity index (χ0n) is 13.0. The molecule has 23 heavy (non-hydrogen) atoms. The number of nitrogens with zero attached hydrogens (tertiary/aromatic N) is 1. The summed E-state index contributed by atoms with van der Waals surface area (Å²) in [7, 11) is 0. The first-order valence-electron chi connectivity index (χ1n) is 7.30. The normalized spacial score (nSPS) is 11.4. The highest BCUT2D eigenvalue weighted by molar-refractivity contribution is 6.36. The van der Waals surface area contributed by atoms with Crippen molar-refractivity contribution in [3.05, 3.63) is 63.6 Å². The summed E-state index contributed by atoms with van der Waals surface area (Å²) in [5.74, 6) is 0.914. The Balaban J connectivity index is 2.48. The topological polar surface area (TPSA) is 33.0 Å². The minimum Gasteiger partial charge on any atom is -0.491 e. The summed E-state index contributed by atoms with van der Waals surface area (Å²) in [4.78, 5) is 0. The molecular weight excluding hydrogens is 329 g/mol. The predicted octanol–water partition coefficient (Wildman–Crippen LogP) is 6.09. The van der Waals surface area contributed by atoms with Crippen LogP contribution >= 0.6 is 23.2 Å². The second-order valence-electron chi connectivity index (χ2n) is 5.55. The fraction of sp³-hybridized carbons (Fsp3) is 0.211. The van der Waals surface area contributed by atoms with Gasteiger partial charge < -0.3 is 4.74 Å². The van der Waals surface area contributed by atoms with Crippen LogP contribution in [0.25, 0.3) is 11.6 Å². The maximum atomic E-state index is 9.46. The van der Waals surface area contributed by atoms with Crippen LogP contribution in [-0.2, 0) is 0 Å². The van der Waals surface area contributed by atoms with E-state index in [4.69, 9.17) is 27.9 Å². The van der Waals surface area contributed by atoms with Crippen LogP contribution in [0.15, 0.2) is 42.5 Å². The van der Waals surface area contributed by atoms with E-state index in [1.54, 1.807) is 18.2 Å². The fourth-order valence-corrected chi connectivity index (χ4v) is 2.61. The molecule has 0 aromatic heterocycles. The number of benzene rings is 2. The Morgan fingerprint density at radius 3 is 2.52 bits per heavy atom. The molecule has 0 atom stereocenters. The Morgan fingerprint density at radius 2 is 1.91 bits per heavy atom. The molecule has 118 valence electrons. The minimum absolute atomic E-state index is 0.364. The average molecular weight is 346 g/mol. The molecule has 4 heteroatoms. The van der Waals surface area contributed by atoms with Gasteiger partial charge in [0, 0.05) is 10.6 Å². The molecule has 0 amide bonds. The maximum Gasteiger partial charge on any atom is 0.145 e. The highest BCUT2D eigenvalue weighted by atomic mass is 35.5. The summed E-state index contributed by atoms with van der Waals surface area (Å²) in [5, 5.41) is 10.4. The number of allylic oxidation sites excluding steroid dienone is 1. The van der Waals surface area contributed by atoms with Gasteiger partial charge in [0.2, 0.25) is 0 Å². The molecule has 0 bridgehead atoms. The summed E-state index contributed by atoms with van der Waals surface area (Å²) in [6.45, 7) is 4.66. The van der Waals surface area contributed by atoms with Crippen molar-refractivity contribution >= 4 is 34.9 Å². The van der Waals surface area contributed by atoms with E-state index in [-0.39, 0.29) is 0 Å². The average Bonchev–Trinajstić information content (AvgIpc) is 2.52. The molecule has 0 saturated heterocycles. The Kier molecular flexibility index (Phi) is 6.10. The molecule has 2 aromatic carbocycles. The molecular formula is C19H17Cl2NO. The van der Waals surface area contributed by atoms with Crippen LogP contribution in [0, 0.1) is 17.2 Å². The van der Waals surface area contributed by atoms with Gasteiger partial charge in [-0.1, -0.05) is 67.4 Å². The van der Waals surface area contributed by atoms with E-state index in [2.05, 4.69) is 19.9 Å². The SMILES string of the molecule is CC(C)COc1c(Cl)cc(Cl)cc1/C=C(\C#N)c1ccccc1. The van der Waals surface area contributed by atoms with Crippen LogP contribution in [0.4, 0.5) is 0 Å². The maximum absolute atomic E-state index is 9.46. The zero-order chi connectivity index (χ0) is 16.8.